The van der Waals surface area contributed by atoms with E-state index in [1.165, 1.54) is 36.4 Å². The van der Waals surface area contributed by atoms with Gasteiger partial charge in [0.15, 0.2) is 0 Å². The number of halogens is 6. The van der Waals surface area contributed by atoms with Crippen LogP contribution >= 0.6 is 0 Å². The number of ether oxygens (including phenoxy) is 2. The molecule has 0 aliphatic carbocycles. The Kier molecular flexibility index (Phi) is 5.41. The van der Waals surface area contributed by atoms with Gasteiger partial charge in [-0.1, -0.05) is 12.1 Å². The van der Waals surface area contributed by atoms with E-state index < -0.39 is 23.5 Å². The first-order chi connectivity index (χ1) is 13.5. The molecule has 1 heterocycles. The number of rotatable bonds is 4. The molecule has 2 aromatic carbocycles. The van der Waals surface area contributed by atoms with E-state index in [-0.39, 0.29) is 23.3 Å². The molecule has 0 aliphatic rings. The molecule has 0 saturated carbocycles. The molecule has 0 unspecified atom stereocenters. The van der Waals surface area contributed by atoms with Crippen LogP contribution in [0, 0.1) is 6.92 Å². The minimum Gasteiger partial charge on any atom is -0.439 e. The smallest absolute Gasteiger partial charge is 0.416 e. The third-order valence-electron chi connectivity index (χ3n) is 3.69. The number of aromatic nitrogens is 1. The summed E-state index contributed by atoms with van der Waals surface area (Å²) in [4.78, 5) is 4.00. The second kappa shape index (κ2) is 7.65. The van der Waals surface area contributed by atoms with Gasteiger partial charge in [0.05, 0.1) is 11.1 Å². The summed E-state index contributed by atoms with van der Waals surface area (Å²) in [6.07, 6.45) is -9.06. The van der Waals surface area contributed by atoms with E-state index in [1.807, 2.05) is 0 Å². The number of aryl methyl sites for hydroxylation is 1. The zero-order valence-corrected chi connectivity index (χ0v) is 14.8. The van der Waals surface area contributed by atoms with E-state index in [9.17, 15) is 26.3 Å². The van der Waals surface area contributed by atoms with Gasteiger partial charge in [-0.2, -0.15) is 31.3 Å². The molecule has 0 fully saturated rings. The number of benzene rings is 2. The van der Waals surface area contributed by atoms with Crippen molar-refractivity contribution in [1.29, 1.82) is 0 Å². The minimum atomic E-state index is -4.53. The first-order valence-corrected chi connectivity index (χ1v) is 8.20. The summed E-state index contributed by atoms with van der Waals surface area (Å²) < 4.78 is 87.7. The summed E-state index contributed by atoms with van der Waals surface area (Å²) in [5.74, 6) is -0.316. The Hall–Kier alpha value is -3.23. The van der Waals surface area contributed by atoms with Gasteiger partial charge < -0.3 is 9.47 Å². The first-order valence-electron chi connectivity index (χ1n) is 8.20. The predicted molar refractivity (Wildman–Crippen MR) is 92.0 cm³/mol. The molecular formula is C20H13F6NO2. The monoisotopic (exact) mass is 413 g/mol. The highest BCUT2D eigenvalue weighted by molar-refractivity contribution is 5.37. The van der Waals surface area contributed by atoms with Gasteiger partial charge in [0.2, 0.25) is 11.8 Å². The molecule has 3 nitrogen and oxygen atoms in total. The number of alkyl halides is 6. The zero-order chi connectivity index (χ0) is 21.2. The second-order valence-electron chi connectivity index (χ2n) is 6.08. The molecule has 0 amide bonds. The maximum atomic E-state index is 12.8. The highest BCUT2D eigenvalue weighted by Gasteiger charge is 2.31. The Morgan fingerprint density at radius 3 is 1.45 bits per heavy atom. The molecule has 3 aromatic rings. The minimum absolute atomic E-state index is 0.0636. The van der Waals surface area contributed by atoms with Gasteiger partial charge in [0, 0.05) is 12.1 Å². The Morgan fingerprint density at radius 2 is 1.07 bits per heavy atom. The molecule has 0 atom stereocenters. The lowest BCUT2D eigenvalue weighted by Crippen LogP contribution is -2.05. The lowest BCUT2D eigenvalue weighted by Gasteiger charge is -2.12. The summed E-state index contributed by atoms with van der Waals surface area (Å²) in [5, 5.41) is 0. The van der Waals surface area contributed by atoms with E-state index >= 15 is 0 Å². The topological polar surface area (TPSA) is 31.4 Å². The summed E-state index contributed by atoms with van der Waals surface area (Å²) >= 11 is 0. The van der Waals surface area contributed by atoms with Crippen LogP contribution in [0.4, 0.5) is 26.3 Å². The molecule has 0 N–H and O–H groups in total. The Balaban J connectivity index is 1.84. The van der Waals surface area contributed by atoms with Crippen LogP contribution in [0.5, 0.6) is 23.3 Å². The van der Waals surface area contributed by atoms with Crippen molar-refractivity contribution >= 4 is 0 Å². The van der Waals surface area contributed by atoms with Gasteiger partial charge in [0.25, 0.3) is 0 Å². The van der Waals surface area contributed by atoms with Crippen molar-refractivity contribution in [2.24, 2.45) is 0 Å². The van der Waals surface area contributed by atoms with Gasteiger partial charge in [-0.3, -0.25) is 0 Å². The molecule has 0 saturated heterocycles. The van der Waals surface area contributed by atoms with E-state index in [2.05, 4.69) is 4.98 Å². The predicted octanol–water partition coefficient (Wildman–Crippen LogP) is 7.01. The van der Waals surface area contributed by atoms with Crippen molar-refractivity contribution in [2.75, 3.05) is 0 Å². The van der Waals surface area contributed by atoms with Crippen LogP contribution in [0.15, 0.2) is 60.7 Å². The van der Waals surface area contributed by atoms with E-state index in [1.54, 1.807) is 6.92 Å². The standard InChI is InChI=1S/C20H13F6NO2/c1-12-8-17(28-15-6-2-4-13(10-15)19(21,22)23)27-18(9-12)29-16-7-3-5-14(11-16)20(24,25)26/h2-11H,1H3. The van der Waals surface area contributed by atoms with Crippen LogP contribution in [0.2, 0.25) is 0 Å². The number of hydrogen-bond donors (Lipinski definition) is 0. The van der Waals surface area contributed by atoms with Crippen LogP contribution in [-0.4, -0.2) is 4.98 Å². The van der Waals surface area contributed by atoms with E-state index in [0.29, 0.717) is 5.56 Å². The summed E-state index contributed by atoms with van der Waals surface area (Å²) in [7, 11) is 0. The molecule has 0 aliphatic heterocycles. The third kappa shape index (κ3) is 5.40. The molecule has 3 rings (SSSR count). The maximum absolute atomic E-state index is 12.8. The lowest BCUT2D eigenvalue weighted by molar-refractivity contribution is -0.138. The molecule has 152 valence electrons. The summed E-state index contributed by atoms with van der Waals surface area (Å²) in [6.45, 7) is 1.65. The second-order valence-corrected chi connectivity index (χ2v) is 6.08. The van der Waals surface area contributed by atoms with Gasteiger partial charge >= 0.3 is 12.4 Å². The van der Waals surface area contributed by atoms with Crippen LogP contribution < -0.4 is 9.47 Å². The molecule has 0 radical (unpaired) electrons. The molecule has 9 heteroatoms. The summed E-state index contributed by atoms with van der Waals surface area (Å²) in [6, 6.07) is 11.4. The van der Waals surface area contributed by atoms with Gasteiger partial charge in [-0.25, -0.2) is 0 Å². The van der Waals surface area contributed by atoms with Crippen LogP contribution in [0.25, 0.3) is 0 Å². The van der Waals surface area contributed by atoms with Crippen molar-refractivity contribution < 1.29 is 35.8 Å². The Morgan fingerprint density at radius 1 is 0.655 bits per heavy atom. The van der Waals surface area contributed by atoms with E-state index in [4.69, 9.17) is 9.47 Å². The summed E-state index contributed by atoms with van der Waals surface area (Å²) in [5.41, 5.74) is -1.19. The van der Waals surface area contributed by atoms with Crippen molar-refractivity contribution in [3.63, 3.8) is 0 Å². The van der Waals surface area contributed by atoms with Crippen LogP contribution in [0.1, 0.15) is 16.7 Å². The van der Waals surface area contributed by atoms with Crippen molar-refractivity contribution in [2.45, 2.75) is 19.3 Å². The Labute approximate surface area is 161 Å². The van der Waals surface area contributed by atoms with Crippen molar-refractivity contribution in [3.8, 4) is 23.3 Å². The zero-order valence-electron chi connectivity index (χ0n) is 14.8. The normalized spacial score (nSPS) is 12.0. The third-order valence-corrected chi connectivity index (χ3v) is 3.69. The van der Waals surface area contributed by atoms with Gasteiger partial charge in [0.1, 0.15) is 11.5 Å². The van der Waals surface area contributed by atoms with Crippen molar-refractivity contribution in [3.05, 3.63) is 77.4 Å². The average Bonchev–Trinajstić information content (AvgIpc) is 2.60. The Bertz CT molecular complexity index is 937. The SMILES string of the molecule is Cc1cc(Oc2cccc(C(F)(F)F)c2)nc(Oc2cccc(C(F)(F)F)c2)c1. The first kappa shape index (κ1) is 20.5. The molecule has 29 heavy (non-hydrogen) atoms. The molecule has 0 bridgehead atoms. The fraction of sp³-hybridized carbons (Fsp3) is 0.150. The highest BCUT2D eigenvalue weighted by atomic mass is 19.4. The molecular weight excluding hydrogens is 400 g/mol. The number of hydrogen-bond acceptors (Lipinski definition) is 3. The maximum Gasteiger partial charge on any atom is 0.416 e. The van der Waals surface area contributed by atoms with Crippen LogP contribution in [0.3, 0.4) is 0 Å². The molecule has 0 spiro atoms. The fourth-order valence-electron chi connectivity index (χ4n) is 2.42. The number of nitrogens with zero attached hydrogens (tertiary/aromatic N) is 1. The lowest BCUT2D eigenvalue weighted by atomic mass is 10.2. The largest absolute Gasteiger partial charge is 0.439 e. The van der Waals surface area contributed by atoms with Crippen molar-refractivity contribution in [1.82, 2.24) is 4.98 Å². The fourth-order valence-corrected chi connectivity index (χ4v) is 2.42. The van der Waals surface area contributed by atoms with Crippen LogP contribution in [-0.2, 0) is 12.4 Å². The average molecular weight is 413 g/mol. The van der Waals surface area contributed by atoms with Gasteiger partial charge in [-0.05, 0) is 48.9 Å². The van der Waals surface area contributed by atoms with E-state index in [0.717, 1.165) is 24.3 Å². The number of pyridine rings is 1. The highest BCUT2D eigenvalue weighted by Crippen LogP contribution is 2.34. The van der Waals surface area contributed by atoms with Gasteiger partial charge in [-0.15, -0.1) is 0 Å². The molecule has 1 aromatic heterocycles. The quantitative estimate of drug-likeness (QED) is 0.431.